The number of nitrogens with zero attached hydrogens (tertiary/aromatic N) is 3. The third-order valence-electron chi connectivity index (χ3n) is 3.02. The molecule has 1 saturated heterocycles. The van der Waals surface area contributed by atoms with Gasteiger partial charge in [-0.2, -0.15) is 9.97 Å². The van der Waals surface area contributed by atoms with Crippen LogP contribution in [0.25, 0.3) is 0 Å². The first-order valence-corrected chi connectivity index (χ1v) is 6.64. The van der Waals surface area contributed by atoms with E-state index in [1.807, 2.05) is 0 Å². The van der Waals surface area contributed by atoms with Crippen LogP contribution in [0.1, 0.15) is 12.8 Å². The molecular formula is C12H18N6O3. The highest BCUT2D eigenvalue weighted by atomic mass is 16.6. The molecule has 2 rings (SSSR count). The number of hydrogen-bond acceptors (Lipinski definition) is 8. The van der Waals surface area contributed by atoms with E-state index in [0.29, 0.717) is 19.7 Å². The molecule has 0 radical (unpaired) electrons. The number of aromatic nitrogens is 2. The van der Waals surface area contributed by atoms with Gasteiger partial charge in [-0.25, -0.2) is 0 Å². The highest BCUT2D eigenvalue weighted by molar-refractivity contribution is 5.69. The summed E-state index contributed by atoms with van der Waals surface area (Å²) in [6.07, 6.45) is 3.57. The first-order chi connectivity index (χ1) is 10.1. The zero-order chi connectivity index (χ0) is 15.2. The molecule has 9 nitrogen and oxygen atoms in total. The van der Waals surface area contributed by atoms with Gasteiger partial charge in [-0.05, 0) is 12.8 Å². The molecule has 1 aromatic heterocycles. The Labute approximate surface area is 121 Å². The normalized spacial score (nSPS) is 17.4. The molecule has 0 unspecified atom stereocenters. The van der Waals surface area contributed by atoms with Gasteiger partial charge < -0.3 is 21.1 Å². The molecule has 1 aliphatic heterocycles. The fourth-order valence-electron chi connectivity index (χ4n) is 2.03. The third-order valence-corrected chi connectivity index (χ3v) is 3.02. The van der Waals surface area contributed by atoms with Gasteiger partial charge in [-0.1, -0.05) is 6.08 Å². The Kier molecular flexibility index (Phi) is 4.88. The number of nitrogen functional groups attached to an aromatic ring is 1. The van der Waals surface area contributed by atoms with E-state index in [1.54, 1.807) is 6.08 Å². The smallest absolute Gasteiger partial charge is 0.353 e. The van der Waals surface area contributed by atoms with Crippen LogP contribution in [0.15, 0.2) is 12.7 Å². The largest absolute Gasteiger partial charge is 0.378 e. The van der Waals surface area contributed by atoms with E-state index in [1.165, 1.54) is 0 Å². The number of hydrogen-bond donors (Lipinski definition) is 3. The van der Waals surface area contributed by atoms with Gasteiger partial charge in [0.2, 0.25) is 17.6 Å². The van der Waals surface area contributed by atoms with Crippen LogP contribution in [0.2, 0.25) is 0 Å². The molecule has 1 aliphatic rings. The van der Waals surface area contributed by atoms with E-state index >= 15 is 0 Å². The van der Waals surface area contributed by atoms with Crippen LogP contribution in [-0.4, -0.2) is 40.7 Å². The zero-order valence-corrected chi connectivity index (χ0v) is 11.5. The van der Waals surface area contributed by atoms with Crippen LogP contribution in [0.3, 0.4) is 0 Å². The molecule has 0 spiro atoms. The van der Waals surface area contributed by atoms with Gasteiger partial charge >= 0.3 is 5.69 Å². The average Bonchev–Trinajstić information content (AvgIpc) is 2.95. The van der Waals surface area contributed by atoms with Crippen LogP contribution in [0.4, 0.5) is 23.3 Å². The van der Waals surface area contributed by atoms with E-state index in [0.717, 1.165) is 12.8 Å². The molecule has 0 aliphatic carbocycles. The van der Waals surface area contributed by atoms with Crippen LogP contribution in [0.5, 0.6) is 0 Å². The van der Waals surface area contributed by atoms with E-state index < -0.39 is 4.92 Å². The Hall–Kier alpha value is -2.42. The molecule has 1 aromatic rings. The summed E-state index contributed by atoms with van der Waals surface area (Å²) < 4.78 is 5.46. The molecule has 9 heteroatoms. The summed E-state index contributed by atoms with van der Waals surface area (Å²) >= 11 is 0. The fraction of sp³-hybridized carbons (Fsp3) is 0.500. The molecule has 0 amide bonds. The van der Waals surface area contributed by atoms with E-state index in [2.05, 4.69) is 27.2 Å². The summed E-state index contributed by atoms with van der Waals surface area (Å²) in [6, 6.07) is 0. The van der Waals surface area contributed by atoms with E-state index in [-0.39, 0.29) is 29.4 Å². The summed E-state index contributed by atoms with van der Waals surface area (Å²) in [4.78, 5) is 18.5. The summed E-state index contributed by atoms with van der Waals surface area (Å²) in [7, 11) is 0. The van der Waals surface area contributed by atoms with Crippen molar-refractivity contribution in [3.8, 4) is 0 Å². The van der Waals surface area contributed by atoms with Crippen molar-refractivity contribution in [1.82, 2.24) is 9.97 Å². The second kappa shape index (κ2) is 6.84. The standard InChI is InChI=1S/C12H18N6O3/c1-2-5-14-12-16-10(13)9(18(19)20)11(17-12)15-7-8-4-3-6-21-8/h2,8H,1,3-7H2,(H4,13,14,15,16,17)/t8-/m1/s1. The lowest BCUT2D eigenvalue weighted by atomic mass is 10.2. The Bertz CT molecular complexity index is 530. The van der Waals surface area contributed by atoms with Crippen molar-refractivity contribution in [3.05, 3.63) is 22.8 Å². The number of nitrogens with one attached hydrogen (secondary N) is 2. The Balaban J connectivity index is 2.18. The molecule has 4 N–H and O–H groups in total. The first-order valence-electron chi connectivity index (χ1n) is 6.64. The first kappa shape index (κ1) is 15.0. The van der Waals surface area contributed by atoms with E-state index in [9.17, 15) is 10.1 Å². The van der Waals surface area contributed by atoms with Crippen molar-refractivity contribution in [2.24, 2.45) is 0 Å². The lowest BCUT2D eigenvalue weighted by Gasteiger charge is -2.13. The van der Waals surface area contributed by atoms with Gasteiger partial charge in [0, 0.05) is 19.7 Å². The minimum Gasteiger partial charge on any atom is -0.378 e. The maximum absolute atomic E-state index is 11.1. The Morgan fingerprint density at radius 3 is 2.95 bits per heavy atom. The predicted molar refractivity (Wildman–Crippen MR) is 79.2 cm³/mol. The summed E-state index contributed by atoms with van der Waals surface area (Å²) in [5, 5.41) is 16.9. The molecule has 114 valence electrons. The molecule has 2 heterocycles. The zero-order valence-electron chi connectivity index (χ0n) is 11.5. The van der Waals surface area contributed by atoms with Gasteiger partial charge in [0.25, 0.3) is 0 Å². The Morgan fingerprint density at radius 2 is 2.33 bits per heavy atom. The van der Waals surface area contributed by atoms with Crippen molar-refractivity contribution in [1.29, 1.82) is 0 Å². The highest BCUT2D eigenvalue weighted by Gasteiger charge is 2.24. The fourth-order valence-corrected chi connectivity index (χ4v) is 2.03. The van der Waals surface area contributed by atoms with Crippen molar-refractivity contribution in [3.63, 3.8) is 0 Å². The molecule has 0 saturated carbocycles. The van der Waals surface area contributed by atoms with Gasteiger partial charge in [-0.3, -0.25) is 10.1 Å². The number of rotatable bonds is 7. The quantitative estimate of drug-likeness (QED) is 0.388. The van der Waals surface area contributed by atoms with Crippen LogP contribution < -0.4 is 16.4 Å². The average molecular weight is 294 g/mol. The summed E-state index contributed by atoms with van der Waals surface area (Å²) in [5.41, 5.74) is 5.33. The second-order valence-corrected chi connectivity index (χ2v) is 4.57. The predicted octanol–water partition coefficient (Wildman–Crippen LogP) is 1.16. The van der Waals surface area contributed by atoms with Gasteiger partial charge in [0.05, 0.1) is 11.0 Å². The topological polar surface area (TPSA) is 128 Å². The highest BCUT2D eigenvalue weighted by Crippen LogP contribution is 2.29. The number of anilines is 3. The van der Waals surface area contributed by atoms with E-state index in [4.69, 9.17) is 10.5 Å². The number of nitrogens with two attached hydrogens (primary N) is 1. The molecule has 0 aromatic carbocycles. The monoisotopic (exact) mass is 294 g/mol. The molecule has 21 heavy (non-hydrogen) atoms. The van der Waals surface area contributed by atoms with Gasteiger partial charge in [-0.15, -0.1) is 6.58 Å². The second-order valence-electron chi connectivity index (χ2n) is 4.57. The van der Waals surface area contributed by atoms with Crippen LogP contribution in [0, 0.1) is 10.1 Å². The Morgan fingerprint density at radius 1 is 1.52 bits per heavy atom. The maximum Gasteiger partial charge on any atom is 0.353 e. The minimum absolute atomic E-state index is 0.0328. The molecular weight excluding hydrogens is 276 g/mol. The van der Waals surface area contributed by atoms with Crippen LogP contribution >= 0.6 is 0 Å². The van der Waals surface area contributed by atoms with Gasteiger partial charge in [0.15, 0.2) is 0 Å². The van der Waals surface area contributed by atoms with Crippen molar-refractivity contribution in [2.75, 3.05) is 36.1 Å². The molecule has 0 bridgehead atoms. The SMILES string of the molecule is C=CCNc1nc(N)c([N+](=O)[O-])c(NC[C@H]2CCCO2)n1. The lowest BCUT2D eigenvalue weighted by Crippen LogP contribution is -2.20. The summed E-state index contributed by atoms with van der Waals surface area (Å²) in [6.45, 7) is 5.16. The maximum atomic E-state index is 11.1. The van der Waals surface area contributed by atoms with Gasteiger partial charge in [0.1, 0.15) is 0 Å². The minimum atomic E-state index is -0.593. The van der Waals surface area contributed by atoms with Crippen molar-refractivity contribution in [2.45, 2.75) is 18.9 Å². The van der Waals surface area contributed by atoms with Crippen LogP contribution in [-0.2, 0) is 4.74 Å². The van der Waals surface area contributed by atoms with Crippen molar-refractivity contribution < 1.29 is 9.66 Å². The number of ether oxygens (including phenoxy) is 1. The number of nitro groups is 1. The lowest BCUT2D eigenvalue weighted by molar-refractivity contribution is -0.383. The molecule has 1 atom stereocenters. The third kappa shape index (κ3) is 3.78. The molecule has 1 fully saturated rings. The van der Waals surface area contributed by atoms with Crippen molar-refractivity contribution >= 4 is 23.3 Å². The summed E-state index contributed by atoms with van der Waals surface area (Å²) in [5.74, 6) is 0.124.